The molecule has 1 aromatic carbocycles. The van der Waals surface area contributed by atoms with Gasteiger partial charge < -0.3 is 14.7 Å². The first-order valence-corrected chi connectivity index (χ1v) is 13.7. The molecule has 0 amide bonds. The number of Topliss-reactive ketones (excluding diaryl/α,β-unsaturated/α-hetero) is 1. The highest BCUT2D eigenvalue weighted by Gasteiger charge is 2.63. The molecule has 4 aliphatic carbocycles. The van der Waals surface area contributed by atoms with Gasteiger partial charge in [-0.05, 0) is 111 Å². The smallest absolute Gasteiger partial charge is 0.155 e. The Labute approximate surface area is 206 Å². The van der Waals surface area contributed by atoms with Crippen LogP contribution in [-0.4, -0.2) is 43.8 Å². The lowest BCUT2D eigenvalue weighted by Crippen LogP contribution is -2.58. The van der Waals surface area contributed by atoms with Crippen molar-refractivity contribution in [3.05, 3.63) is 30.3 Å². The predicted octanol–water partition coefficient (Wildman–Crippen LogP) is 5.73. The van der Waals surface area contributed by atoms with E-state index in [1.54, 1.807) is 0 Å². The molecule has 1 N–H and O–H groups in total. The molecule has 5 rings (SSSR count). The second kappa shape index (κ2) is 8.92. The Morgan fingerprint density at radius 2 is 1.79 bits per heavy atom. The zero-order valence-corrected chi connectivity index (χ0v) is 21.8. The molecule has 0 aromatic heterocycles. The Morgan fingerprint density at radius 3 is 2.53 bits per heavy atom. The van der Waals surface area contributed by atoms with E-state index in [4.69, 9.17) is 4.74 Å². The molecular weight excluding hydrogens is 422 g/mol. The number of likely N-dealkylation sites (N-methyl/N-ethyl adjacent to an activating group) is 1. The van der Waals surface area contributed by atoms with E-state index in [1.807, 2.05) is 39.3 Å². The van der Waals surface area contributed by atoms with Crippen molar-refractivity contribution >= 4 is 11.5 Å². The van der Waals surface area contributed by atoms with Crippen LogP contribution in [0.3, 0.4) is 0 Å². The summed E-state index contributed by atoms with van der Waals surface area (Å²) in [5, 5.41) is 10.9. The first-order chi connectivity index (χ1) is 16.2. The molecule has 34 heavy (non-hydrogen) atoms. The van der Waals surface area contributed by atoms with E-state index in [0.717, 1.165) is 38.0 Å². The van der Waals surface area contributed by atoms with Crippen molar-refractivity contribution < 1.29 is 14.6 Å². The normalized spacial score (nSPS) is 43.5. The molecular formula is C30H45NO3. The number of nitrogens with zero attached hydrogens (tertiary/aromatic N) is 1. The van der Waals surface area contributed by atoms with Crippen LogP contribution in [0.5, 0.6) is 0 Å². The summed E-state index contributed by atoms with van der Waals surface area (Å²) in [6.45, 7) is 5.83. The van der Waals surface area contributed by atoms with E-state index in [-0.39, 0.29) is 16.7 Å². The maximum absolute atomic E-state index is 13.6. The van der Waals surface area contributed by atoms with Gasteiger partial charge in [-0.1, -0.05) is 25.1 Å². The predicted molar refractivity (Wildman–Crippen MR) is 137 cm³/mol. The Kier molecular flexibility index (Phi) is 6.38. The first kappa shape index (κ1) is 24.3. The molecule has 188 valence electrons. The Hall–Kier alpha value is -1.39. The molecule has 0 spiro atoms. The van der Waals surface area contributed by atoms with Gasteiger partial charge >= 0.3 is 0 Å². The minimum Gasteiger partial charge on any atom is -0.390 e. The molecule has 0 aliphatic heterocycles. The fraction of sp³-hybridized carbons (Fsp3) is 0.767. The van der Waals surface area contributed by atoms with E-state index < -0.39 is 5.60 Å². The van der Waals surface area contributed by atoms with E-state index in [0.29, 0.717) is 36.0 Å². The largest absolute Gasteiger partial charge is 0.390 e. The Bertz CT molecular complexity index is 884. The van der Waals surface area contributed by atoms with Crippen molar-refractivity contribution in [2.75, 3.05) is 32.2 Å². The Morgan fingerprint density at radius 1 is 1.03 bits per heavy atom. The number of carbonyl (C=O) groups excluding carboxylic acids is 1. The molecule has 4 heteroatoms. The van der Waals surface area contributed by atoms with Crippen molar-refractivity contribution in [1.29, 1.82) is 0 Å². The number of hydrogen-bond donors (Lipinski definition) is 1. The third kappa shape index (κ3) is 3.93. The number of carbonyl (C=O) groups is 1. The van der Waals surface area contributed by atoms with Gasteiger partial charge in [0, 0.05) is 25.8 Å². The Balaban J connectivity index is 1.34. The summed E-state index contributed by atoms with van der Waals surface area (Å²) >= 11 is 0. The van der Waals surface area contributed by atoms with Crippen molar-refractivity contribution in [2.45, 2.75) is 77.2 Å². The molecule has 4 saturated carbocycles. The van der Waals surface area contributed by atoms with Gasteiger partial charge in [-0.25, -0.2) is 0 Å². The molecule has 4 nitrogen and oxygen atoms in total. The average Bonchev–Trinajstić information content (AvgIpc) is 3.17. The SMILES string of the molecule is COC[C@]12CC[C@@](C)(O)C[C@H]1CC[C@H]1[C@@H]3CC[C@H](C(=O)CN(C)c4ccccc4)[C@@]3(C)CC[C@@H]12. The van der Waals surface area contributed by atoms with Gasteiger partial charge in [-0.2, -0.15) is 0 Å². The topological polar surface area (TPSA) is 49.8 Å². The summed E-state index contributed by atoms with van der Waals surface area (Å²) in [5.41, 5.74) is 0.953. The number of rotatable bonds is 6. The van der Waals surface area contributed by atoms with Gasteiger partial charge in [-0.3, -0.25) is 4.79 Å². The third-order valence-corrected chi connectivity index (χ3v) is 11.0. The maximum Gasteiger partial charge on any atom is 0.155 e. The second-order valence-electron chi connectivity index (χ2n) is 12.9. The third-order valence-electron chi connectivity index (χ3n) is 11.0. The van der Waals surface area contributed by atoms with Crippen molar-refractivity contribution in [3.63, 3.8) is 0 Å². The zero-order chi connectivity index (χ0) is 24.1. The lowest BCUT2D eigenvalue weighted by molar-refractivity contribution is -0.175. The highest BCUT2D eigenvalue weighted by molar-refractivity contribution is 5.86. The van der Waals surface area contributed by atoms with Crippen LogP contribution in [0.1, 0.15) is 71.6 Å². The molecule has 4 fully saturated rings. The quantitative estimate of drug-likeness (QED) is 0.581. The summed E-state index contributed by atoms with van der Waals surface area (Å²) in [6.07, 6.45) is 10.0. The van der Waals surface area contributed by atoms with Crippen LogP contribution >= 0.6 is 0 Å². The lowest BCUT2D eigenvalue weighted by atomic mass is 9.43. The monoisotopic (exact) mass is 467 g/mol. The van der Waals surface area contributed by atoms with Crippen LogP contribution in [0.15, 0.2) is 30.3 Å². The van der Waals surface area contributed by atoms with E-state index in [9.17, 15) is 9.90 Å². The van der Waals surface area contributed by atoms with Crippen molar-refractivity contribution in [2.24, 2.45) is 40.4 Å². The standard InChI is InChI=1S/C30H45NO3/c1-28(33)16-17-30(20-34-4)21(18-28)10-11-23-24-12-13-26(29(24,2)15-14-25(23)30)27(32)19-31(3)22-8-6-5-7-9-22/h5-9,21,23-26,33H,10-20H2,1-4H3/t21-,23+,24+,25+,26-,28-,29+,30-/m1/s1. The van der Waals surface area contributed by atoms with Gasteiger partial charge in [0.15, 0.2) is 5.78 Å². The number of para-hydroxylation sites is 1. The highest BCUT2D eigenvalue weighted by Crippen LogP contribution is 2.68. The molecule has 8 atom stereocenters. The van der Waals surface area contributed by atoms with E-state index in [2.05, 4.69) is 24.0 Å². The van der Waals surface area contributed by atoms with Crippen LogP contribution in [0.25, 0.3) is 0 Å². The van der Waals surface area contributed by atoms with Gasteiger partial charge in [-0.15, -0.1) is 0 Å². The van der Waals surface area contributed by atoms with Crippen molar-refractivity contribution in [3.8, 4) is 0 Å². The van der Waals surface area contributed by atoms with Crippen LogP contribution in [-0.2, 0) is 9.53 Å². The number of aliphatic hydroxyl groups is 1. The van der Waals surface area contributed by atoms with Gasteiger partial charge in [0.1, 0.15) is 0 Å². The number of anilines is 1. The fourth-order valence-corrected chi connectivity index (χ4v) is 9.43. The van der Waals surface area contributed by atoms with Gasteiger partial charge in [0.05, 0.1) is 18.8 Å². The zero-order valence-electron chi connectivity index (χ0n) is 21.8. The molecule has 0 bridgehead atoms. The molecule has 0 saturated heterocycles. The first-order valence-electron chi connectivity index (χ1n) is 13.7. The van der Waals surface area contributed by atoms with Crippen LogP contribution < -0.4 is 4.90 Å². The lowest BCUT2D eigenvalue weighted by Gasteiger charge is -2.62. The van der Waals surface area contributed by atoms with Gasteiger partial charge in [0.2, 0.25) is 0 Å². The van der Waals surface area contributed by atoms with E-state index >= 15 is 0 Å². The number of ketones is 1. The number of ether oxygens (including phenoxy) is 1. The van der Waals surface area contributed by atoms with Crippen molar-refractivity contribution in [1.82, 2.24) is 0 Å². The highest BCUT2D eigenvalue weighted by atomic mass is 16.5. The second-order valence-corrected chi connectivity index (χ2v) is 12.9. The molecule has 4 aliphatic rings. The van der Waals surface area contributed by atoms with Crippen LogP contribution in [0.4, 0.5) is 5.69 Å². The van der Waals surface area contributed by atoms with Crippen LogP contribution in [0.2, 0.25) is 0 Å². The number of benzene rings is 1. The summed E-state index contributed by atoms with van der Waals surface area (Å²) in [5.74, 6) is 3.23. The fourth-order valence-electron chi connectivity index (χ4n) is 9.43. The number of hydrogen-bond acceptors (Lipinski definition) is 4. The minimum absolute atomic E-state index is 0.136. The van der Waals surface area contributed by atoms with E-state index in [1.165, 1.54) is 32.1 Å². The summed E-state index contributed by atoms with van der Waals surface area (Å²) < 4.78 is 5.90. The van der Waals surface area contributed by atoms with Crippen LogP contribution in [0, 0.1) is 40.4 Å². The summed E-state index contributed by atoms with van der Waals surface area (Å²) in [6, 6.07) is 10.3. The maximum atomic E-state index is 13.6. The summed E-state index contributed by atoms with van der Waals surface area (Å²) in [4.78, 5) is 15.7. The number of methoxy groups -OCH3 is 1. The minimum atomic E-state index is -0.520. The molecule has 0 radical (unpaired) electrons. The average molecular weight is 468 g/mol. The van der Waals surface area contributed by atoms with Gasteiger partial charge in [0.25, 0.3) is 0 Å². The molecule has 0 unspecified atom stereocenters. The number of fused-ring (bicyclic) bond motifs is 5. The molecule has 1 aromatic rings. The summed E-state index contributed by atoms with van der Waals surface area (Å²) in [7, 11) is 3.91. The molecule has 0 heterocycles.